The van der Waals surface area contributed by atoms with Crippen LogP contribution in [0.2, 0.25) is 0 Å². The molecule has 3 rings (SSSR count). The highest BCUT2D eigenvalue weighted by atomic mass is 32.2. The molecule has 0 unspecified atom stereocenters. The molecular weight excluding hydrogens is 363 g/mol. The van der Waals surface area contributed by atoms with E-state index in [2.05, 4.69) is 4.98 Å². The lowest BCUT2D eigenvalue weighted by molar-refractivity contribution is -0.140. The molecule has 0 radical (unpaired) electrons. The van der Waals surface area contributed by atoms with Crippen molar-refractivity contribution in [3.63, 3.8) is 0 Å². The molecule has 1 aliphatic carbocycles. The number of Topliss-reactive ketones (excluding diaryl/α,β-unsaturated/α-hetero) is 1. The van der Waals surface area contributed by atoms with Crippen molar-refractivity contribution in [3.05, 3.63) is 22.2 Å². The van der Waals surface area contributed by atoms with Gasteiger partial charge in [0.05, 0.1) is 9.09 Å². The standard InChI is InChI=1S/C15H14F3NOS3/c1-14(2)4-7-10(8(20)5-14)13(21-3)23-11(7)12-19-9(6-22-12)15(16,17)18/h6H,4-5H2,1-3H3. The van der Waals surface area contributed by atoms with E-state index in [1.54, 1.807) is 0 Å². The number of hydrogen-bond acceptors (Lipinski definition) is 5. The number of rotatable bonds is 2. The number of halogens is 3. The second-order valence-corrected chi connectivity index (χ2v) is 9.21. The molecule has 1 aliphatic rings. The SMILES string of the molecule is CSc1sc(-c2nc(C(F)(F)F)cs2)c2c1C(=O)CC(C)(C)C2. The Morgan fingerprint density at radius 2 is 2.00 bits per heavy atom. The van der Waals surface area contributed by atoms with Gasteiger partial charge in [-0.1, -0.05) is 13.8 Å². The van der Waals surface area contributed by atoms with Crippen LogP contribution in [0.3, 0.4) is 0 Å². The maximum absolute atomic E-state index is 12.8. The van der Waals surface area contributed by atoms with Gasteiger partial charge in [0, 0.05) is 17.4 Å². The molecule has 0 atom stereocenters. The number of carbonyl (C=O) groups excluding carboxylic acids is 1. The summed E-state index contributed by atoms with van der Waals surface area (Å²) >= 11 is 3.83. The van der Waals surface area contributed by atoms with Crippen LogP contribution in [-0.4, -0.2) is 17.0 Å². The van der Waals surface area contributed by atoms with E-state index in [4.69, 9.17) is 0 Å². The molecule has 0 aliphatic heterocycles. The Morgan fingerprint density at radius 3 is 2.57 bits per heavy atom. The Bertz CT molecular complexity index is 774. The zero-order valence-electron chi connectivity index (χ0n) is 12.7. The average Bonchev–Trinajstić information content (AvgIpc) is 3.00. The van der Waals surface area contributed by atoms with Gasteiger partial charge in [0.1, 0.15) is 5.01 Å². The maximum atomic E-state index is 12.8. The first-order valence-electron chi connectivity index (χ1n) is 6.88. The van der Waals surface area contributed by atoms with Crippen LogP contribution in [0.5, 0.6) is 0 Å². The molecule has 23 heavy (non-hydrogen) atoms. The van der Waals surface area contributed by atoms with Gasteiger partial charge in [0.2, 0.25) is 0 Å². The highest BCUT2D eigenvalue weighted by molar-refractivity contribution is 8.00. The number of thiazole rings is 1. The van der Waals surface area contributed by atoms with Crippen LogP contribution in [0.15, 0.2) is 9.59 Å². The van der Waals surface area contributed by atoms with Gasteiger partial charge in [-0.3, -0.25) is 4.79 Å². The summed E-state index contributed by atoms with van der Waals surface area (Å²) in [6.07, 6.45) is -1.41. The van der Waals surface area contributed by atoms with Gasteiger partial charge in [-0.25, -0.2) is 4.98 Å². The highest BCUT2D eigenvalue weighted by Gasteiger charge is 2.38. The van der Waals surface area contributed by atoms with E-state index in [0.717, 1.165) is 26.5 Å². The number of fused-ring (bicyclic) bond motifs is 1. The van der Waals surface area contributed by atoms with Gasteiger partial charge in [0.25, 0.3) is 0 Å². The first-order chi connectivity index (χ1) is 10.6. The maximum Gasteiger partial charge on any atom is 0.434 e. The number of thiophene rings is 1. The molecule has 124 valence electrons. The molecular formula is C15H14F3NOS3. The zero-order chi connectivity index (χ0) is 17.0. The molecule has 2 nitrogen and oxygen atoms in total. The summed E-state index contributed by atoms with van der Waals surface area (Å²) in [6.45, 7) is 4.02. The highest BCUT2D eigenvalue weighted by Crippen LogP contribution is 2.49. The minimum absolute atomic E-state index is 0.0794. The summed E-state index contributed by atoms with van der Waals surface area (Å²) < 4.78 is 39.3. The normalized spacial score (nSPS) is 17.4. The van der Waals surface area contributed by atoms with E-state index in [0.29, 0.717) is 28.3 Å². The topological polar surface area (TPSA) is 30.0 Å². The number of thioether (sulfide) groups is 1. The van der Waals surface area contributed by atoms with Gasteiger partial charge in [0.15, 0.2) is 11.5 Å². The number of ketones is 1. The van der Waals surface area contributed by atoms with E-state index in [9.17, 15) is 18.0 Å². The minimum Gasteiger partial charge on any atom is -0.294 e. The fourth-order valence-electron chi connectivity index (χ4n) is 2.78. The molecule has 0 fully saturated rings. The minimum atomic E-state index is -4.44. The van der Waals surface area contributed by atoms with Crippen LogP contribution in [0.4, 0.5) is 13.2 Å². The third kappa shape index (κ3) is 3.08. The van der Waals surface area contributed by atoms with E-state index in [1.807, 2.05) is 20.1 Å². The fraction of sp³-hybridized carbons (Fsp3) is 0.467. The lowest BCUT2D eigenvalue weighted by atomic mass is 9.74. The quantitative estimate of drug-likeness (QED) is 0.623. The number of carbonyl (C=O) groups is 1. The van der Waals surface area contributed by atoms with Gasteiger partial charge < -0.3 is 0 Å². The van der Waals surface area contributed by atoms with Crippen molar-refractivity contribution in [2.75, 3.05) is 6.26 Å². The Balaban J connectivity index is 2.14. The Morgan fingerprint density at radius 1 is 1.30 bits per heavy atom. The van der Waals surface area contributed by atoms with Crippen molar-refractivity contribution < 1.29 is 18.0 Å². The van der Waals surface area contributed by atoms with E-state index in [1.165, 1.54) is 23.1 Å². The van der Waals surface area contributed by atoms with Crippen LogP contribution >= 0.6 is 34.4 Å². The molecule has 0 bridgehead atoms. The van der Waals surface area contributed by atoms with Crippen molar-refractivity contribution in [1.82, 2.24) is 4.98 Å². The monoisotopic (exact) mass is 377 g/mol. The zero-order valence-corrected chi connectivity index (χ0v) is 15.2. The second-order valence-electron chi connectivity index (χ2n) is 6.25. The smallest absolute Gasteiger partial charge is 0.294 e. The molecule has 0 saturated carbocycles. The van der Waals surface area contributed by atoms with E-state index in [-0.39, 0.29) is 11.2 Å². The van der Waals surface area contributed by atoms with Crippen LogP contribution in [0.25, 0.3) is 9.88 Å². The van der Waals surface area contributed by atoms with Crippen molar-refractivity contribution in [2.45, 2.75) is 37.1 Å². The lowest BCUT2D eigenvalue weighted by Crippen LogP contribution is -2.26. The molecule has 2 aromatic heterocycles. The van der Waals surface area contributed by atoms with Crippen LogP contribution in [0.1, 0.15) is 41.9 Å². The van der Waals surface area contributed by atoms with Crippen LogP contribution in [0, 0.1) is 5.41 Å². The molecule has 2 aromatic rings. The van der Waals surface area contributed by atoms with Crippen molar-refractivity contribution in [1.29, 1.82) is 0 Å². The first kappa shape index (κ1) is 17.0. The van der Waals surface area contributed by atoms with Gasteiger partial charge >= 0.3 is 6.18 Å². The Labute approximate surface area is 144 Å². The van der Waals surface area contributed by atoms with Gasteiger partial charge in [-0.05, 0) is 23.7 Å². The largest absolute Gasteiger partial charge is 0.434 e. The number of aromatic nitrogens is 1. The summed E-state index contributed by atoms with van der Waals surface area (Å²) in [6, 6.07) is 0. The molecule has 8 heteroatoms. The van der Waals surface area contributed by atoms with Crippen molar-refractivity contribution in [2.24, 2.45) is 5.41 Å². The number of alkyl halides is 3. The van der Waals surface area contributed by atoms with Crippen molar-refractivity contribution >= 4 is 40.2 Å². The first-order valence-corrected chi connectivity index (χ1v) is 9.80. The van der Waals surface area contributed by atoms with E-state index < -0.39 is 11.9 Å². The van der Waals surface area contributed by atoms with Crippen LogP contribution < -0.4 is 0 Å². The number of hydrogen-bond donors (Lipinski definition) is 0. The molecule has 0 aromatic carbocycles. The average molecular weight is 377 g/mol. The molecule has 0 amide bonds. The van der Waals surface area contributed by atoms with Gasteiger partial charge in [-0.2, -0.15) is 13.2 Å². The van der Waals surface area contributed by atoms with Crippen LogP contribution in [-0.2, 0) is 12.6 Å². The summed E-state index contributed by atoms with van der Waals surface area (Å²) in [5, 5.41) is 1.39. The molecule has 2 heterocycles. The lowest BCUT2D eigenvalue weighted by Gasteiger charge is -2.29. The van der Waals surface area contributed by atoms with E-state index >= 15 is 0 Å². The summed E-state index contributed by atoms with van der Waals surface area (Å²) in [7, 11) is 0. The fourth-order valence-corrected chi connectivity index (χ4v) is 5.82. The third-order valence-corrected chi connectivity index (χ3v) is 7.07. The predicted octanol–water partition coefficient (Wildman–Crippen LogP) is 5.77. The predicted molar refractivity (Wildman–Crippen MR) is 88.6 cm³/mol. The molecule has 0 N–H and O–H groups in total. The molecule has 0 saturated heterocycles. The number of nitrogens with zero attached hydrogens (tertiary/aromatic N) is 1. The summed E-state index contributed by atoms with van der Waals surface area (Å²) in [4.78, 5) is 17.0. The Kier molecular flexibility index (Phi) is 4.13. The van der Waals surface area contributed by atoms with Gasteiger partial charge in [-0.15, -0.1) is 34.4 Å². The summed E-state index contributed by atoms with van der Waals surface area (Å²) in [5.74, 6) is 0.0794. The summed E-state index contributed by atoms with van der Waals surface area (Å²) in [5.41, 5.74) is 0.510. The Hall–Kier alpha value is -0.860. The van der Waals surface area contributed by atoms with Crippen molar-refractivity contribution in [3.8, 4) is 9.88 Å². The second kappa shape index (κ2) is 5.60. The third-order valence-electron chi connectivity index (χ3n) is 3.72. The molecule has 0 spiro atoms.